The largest absolute Gasteiger partial charge is 0.477 e. The van der Waals surface area contributed by atoms with Gasteiger partial charge in [0, 0.05) is 19.3 Å². The van der Waals surface area contributed by atoms with Gasteiger partial charge < -0.3 is 23.8 Å². The lowest BCUT2D eigenvalue weighted by Crippen LogP contribution is -2.50. The van der Waals surface area contributed by atoms with Crippen LogP contribution in [0.1, 0.15) is 142 Å². The molecule has 0 aliphatic carbocycles. The highest BCUT2D eigenvalue weighted by Gasteiger charge is 2.31. The fourth-order valence-corrected chi connectivity index (χ4v) is 5.80. The van der Waals surface area contributed by atoms with Crippen LogP contribution in [0.3, 0.4) is 0 Å². The molecule has 2 atom stereocenters. The maximum Gasteiger partial charge on any atom is 0.362 e. The van der Waals surface area contributed by atoms with Gasteiger partial charge in [0.25, 0.3) is 0 Å². The monoisotopic (exact) mass is 847 g/mol. The van der Waals surface area contributed by atoms with Crippen molar-refractivity contribution in [2.75, 3.05) is 41.0 Å². The van der Waals surface area contributed by atoms with Gasteiger partial charge in [-0.25, -0.2) is 4.79 Å². The Bertz CT molecular complexity index is 1400. The second-order valence-electron chi connectivity index (χ2n) is 15.9. The lowest BCUT2D eigenvalue weighted by Gasteiger charge is -2.31. The van der Waals surface area contributed by atoms with E-state index in [1.807, 2.05) is 21.1 Å². The van der Waals surface area contributed by atoms with E-state index in [9.17, 15) is 19.5 Å². The molecule has 8 nitrogen and oxygen atoms in total. The second-order valence-corrected chi connectivity index (χ2v) is 15.9. The minimum absolute atomic E-state index is 0.0121. The van der Waals surface area contributed by atoms with E-state index in [0.29, 0.717) is 19.3 Å². The average molecular weight is 847 g/mol. The summed E-state index contributed by atoms with van der Waals surface area (Å²) in [4.78, 5) is 37.0. The lowest BCUT2D eigenvalue weighted by atomic mass is 10.1. The van der Waals surface area contributed by atoms with Crippen LogP contribution in [-0.4, -0.2) is 80.6 Å². The van der Waals surface area contributed by atoms with E-state index in [-0.39, 0.29) is 49.1 Å². The van der Waals surface area contributed by atoms with Gasteiger partial charge in [0.1, 0.15) is 6.61 Å². The summed E-state index contributed by atoms with van der Waals surface area (Å²) in [5.74, 6) is -1.64. The first-order chi connectivity index (χ1) is 29.6. The zero-order chi connectivity index (χ0) is 44.9. The summed E-state index contributed by atoms with van der Waals surface area (Å²) in [7, 11) is 5.48. The van der Waals surface area contributed by atoms with Crippen LogP contribution in [0.15, 0.2) is 122 Å². The fraction of sp³-hybridized carbons (Fsp3) is 0.566. The molecule has 1 N–H and O–H groups in total. The molecule has 0 aliphatic heterocycles. The third-order valence-corrected chi connectivity index (χ3v) is 9.35. The van der Waals surface area contributed by atoms with E-state index in [0.717, 1.165) is 70.6 Å². The van der Waals surface area contributed by atoms with Crippen molar-refractivity contribution in [2.45, 2.75) is 154 Å². The van der Waals surface area contributed by atoms with Crippen molar-refractivity contribution in [1.29, 1.82) is 0 Å². The number of allylic oxidation sites excluding steroid dienone is 20. The molecule has 0 aromatic carbocycles. The van der Waals surface area contributed by atoms with E-state index in [4.69, 9.17) is 14.2 Å². The SMILES string of the molecule is CC/C=C/C/C=C/C/C=C/C/C=C/C/C=C/C/C=C/CCCC(=O)OCC(COCCC(C(=O)O)[N+](C)(C)C)OC(=O)CCC/C=C/C/C=C/C/C=C/C/C=C/CCCCC. The van der Waals surface area contributed by atoms with Crippen molar-refractivity contribution in [3.8, 4) is 0 Å². The van der Waals surface area contributed by atoms with E-state index < -0.39 is 18.1 Å². The number of carbonyl (C=O) groups is 3. The highest BCUT2D eigenvalue weighted by molar-refractivity contribution is 5.72. The van der Waals surface area contributed by atoms with Crippen molar-refractivity contribution in [3.63, 3.8) is 0 Å². The Balaban J connectivity index is 4.54. The normalized spacial score (nSPS) is 14.0. The molecule has 0 fully saturated rings. The number of hydrogen-bond donors (Lipinski definition) is 1. The Morgan fingerprint density at radius 3 is 1.30 bits per heavy atom. The second kappa shape index (κ2) is 42.4. The molecule has 0 radical (unpaired) electrons. The van der Waals surface area contributed by atoms with Crippen LogP contribution in [0, 0.1) is 0 Å². The Kier molecular flexibility index (Phi) is 39.5. The summed E-state index contributed by atoms with van der Waals surface area (Å²) < 4.78 is 17.2. The molecule has 0 bridgehead atoms. The smallest absolute Gasteiger partial charge is 0.362 e. The number of hydrogen-bond acceptors (Lipinski definition) is 6. The number of ether oxygens (including phenoxy) is 3. The molecule has 0 saturated carbocycles. The van der Waals surface area contributed by atoms with Crippen LogP contribution in [0.2, 0.25) is 0 Å². The van der Waals surface area contributed by atoms with Crippen LogP contribution in [-0.2, 0) is 28.6 Å². The quantitative estimate of drug-likeness (QED) is 0.0285. The molecular weight excluding hydrogens is 763 g/mol. The Hall–Kier alpha value is -4.27. The van der Waals surface area contributed by atoms with Gasteiger partial charge in [-0.3, -0.25) is 9.59 Å². The summed E-state index contributed by atoms with van der Waals surface area (Å²) >= 11 is 0. The highest BCUT2D eigenvalue weighted by atomic mass is 16.6. The molecule has 2 unspecified atom stereocenters. The van der Waals surface area contributed by atoms with E-state index in [1.54, 1.807) is 0 Å². The lowest BCUT2D eigenvalue weighted by molar-refractivity contribution is -0.887. The molecule has 0 spiro atoms. The number of quaternary nitrogens is 1. The first-order valence-corrected chi connectivity index (χ1v) is 23.1. The number of nitrogens with zero attached hydrogens (tertiary/aromatic N) is 1. The molecule has 0 rings (SSSR count). The Labute approximate surface area is 371 Å². The van der Waals surface area contributed by atoms with Gasteiger partial charge in [0.2, 0.25) is 0 Å². The topological polar surface area (TPSA) is 99.1 Å². The first-order valence-electron chi connectivity index (χ1n) is 23.1. The maximum atomic E-state index is 12.7. The molecular formula is C53H84NO7+. The fourth-order valence-electron chi connectivity index (χ4n) is 5.80. The third kappa shape index (κ3) is 40.9. The van der Waals surface area contributed by atoms with Crippen LogP contribution < -0.4 is 0 Å². The van der Waals surface area contributed by atoms with E-state index >= 15 is 0 Å². The summed E-state index contributed by atoms with van der Waals surface area (Å²) in [5, 5.41) is 9.63. The molecule has 0 saturated heterocycles. The molecule has 0 heterocycles. The number of carboxylic acids is 1. The van der Waals surface area contributed by atoms with Gasteiger partial charge in [0.05, 0.1) is 34.4 Å². The minimum Gasteiger partial charge on any atom is -0.477 e. The molecule has 61 heavy (non-hydrogen) atoms. The summed E-state index contributed by atoms with van der Waals surface area (Å²) in [6.45, 7) is 4.44. The molecule has 0 aromatic rings. The first kappa shape index (κ1) is 56.7. The van der Waals surface area contributed by atoms with Gasteiger partial charge in [0.15, 0.2) is 12.1 Å². The van der Waals surface area contributed by atoms with Crippen molar-refractivity contribution in [3.05, 3.63) is 122 Å². The van der Waals surface area contributed by atoms with Crippen LogP contribution in [0.25, 0.3) is 0 Å². The summed E-state index contributed by atoms with van der Waals surface area (Å²) in [6, 6.07) is -0.641. The molecule has 0 aliphatic rings. The van der Waals surface area contributed by atoms with Gasteiger partial charge in [-0.05, 0) is 96.3 Å². The third-order valence-electron chi connectivity index (χ3n) is 9.35. The minimum atomic E-state index is -0.897. The molecule has 0 amide bonds. The van der Waals surface area contributed by atoms with Gasteiger partial charge in [-0.15, -0.1) is 0 Å². The van der Waals surface area contributed by atoms with Crippen LogP contribution >= 0.6 is 0 Å². The van der Waals surface area contributed by atoms with Crippen molar-refractivity contribution >= 4 is 17.9 Å². The predicted octanol–water partition coefficient (Wildman–Crippen LogP) is 13.0. The number of esters is 2. The number of unbranched alkanes of at least 4 members (excludes halogenated alkanes) is 5. The highest BCUT2D eigenvalue weighted by Crippen LogP contribution is 2.11. The van der Waals surface area contributed by atoms with Gasteiger partial charge >= 0.3 is 17.9 Å². The molecule has 8 heteroatoms. The van der Waals surface area contributed by atoms with Crippen LogP contribution in [0.4, 0.5) is 0 Å². The average Bonchev–Trinajstić information content (AvgIpc) is 3.22. The Morgan fingerprint density at radius 1 is 0.508 bits per heavy atom. The van der Waals surface area contributed by atoms with E-state index in [1.165, 1.54) is 25.7 Å². The van der Waals surface area contributed by atoms with Crippen molar-refractivity contribution < 1.29 is 38.2 Å². The van der Waals surface area contributed by atoms with Crippen molar-refractivity contribution in [1.82, 2.24) is 0 Å². The number of carbonyl (C=O) groups excluding carboxylic acids is 2. The number of rotatable bonds is 39. The zero-order valence-electron chi connectivity index (χ0n) is 38.8. The maximum absolute atomic E-state index is 12.7. The zero-order valence-corrected chi connectivity index (χ0v) is 38.8. The van der Waals surface area contributed by atoms with E-state index in [2.05, 4.69) is 135 Å². The summed E-state index contributed by atoms with van der Waals surface area (Å²) in [6.07, 6.45) is 59.7. The standard InChI is InChI=1S/C53H83NO7/c1-6-8-10-12-14-16-18-20-22-24-25-26-28-29-31-33-35-37-39-41-43-51(55)60-48-49(47-59-46-45-50(53(57)58)54(3,4)5)61-52(56)44-42-40-38-36-34-32-30-27-23-21-19-17-15-13-11-9-7-2/h8,10,14-17,20-23,25-26,29-32,35-38,49-50H,6-7,9,11-13,18-19,24,27-28,33-34,39-48H2,1-5H3/p+1/b10-8+,16-14+,17-15+,22-20+,23-21+,26-25+,31-29+,32-30+,37-35+,38-36+. The molecule has 0 aromatic heterocycles. The van der Waals surface area contributed by atoms with Gasteiger partial charge in [-0.2, -0.15) is 0 Å². The number of likely N-dealkylation sites (N-methyl/N-ethyl adjacent to an activating group) is 1. The predicted molar refractivity (Wildman–Crippen MR) is 256 cm³/mol. The molecule has 342 valence electrons. The van der Waals surface area contributed by atoms with Crippen LogP contribution in [0.5, 0.6) is 0 Å². The van der Waals surface area contributed by atoms with Gasteiger partial charge in [-0.1, -0.05) is 148 Å². The number of aliphatic carboxylic acids is 1. The number of carboxylic acid groups (broad SMARTS) is 1. The summed E-state index contributed by atoms with van der Waals surface area (Å²) in [5.41, 5.74) is 0. The van der Waals surface area contributed by atoms with Crippen molar-refractivity contribution in [2.24, 2.45) is 0 Å². The Morgan fingerprint density at radius 2 is 0.902 bits per heavy atom.